The van der Waals surface area contributed by atoms with Gasteiger partial charge < -0.3 is 14.6 Å². The largest absolute Gasteiger partial charge is 0.467 e. The van der Waals surface area contributed by atoms with Crippen LogP contribution in [0.4, 0.5) is 0 Å². The number of carbonyl (C=O) groups excluding carboxylic acids is 2. The fourth-order valence-electron chi connectivity index (χ4n) is 2.77. The van der Waals surface area contributed by atoms with E-state index in [4.69, 9.17) is 4.42 Å². The molecule has 0 spiro atoms. The molecule has 1 N–H and O–H groups in total. The molecule has 1 aliphatic rings. The van der Waals surface area contributed by atoms with Crippen LogP contribution in [0.1, 0.15) is 25.1 Å². The maximum atomic E-state index is 12.2. The molecule has 1 aromatic heterocycles. The number of nitrogens with one attached hydrogen (secondary N) is 1. The highest BCUT2D eigenvalue weighted by Crippen LogP contribution is 2.12. The lowest BCUT2D eigenvalue weighted by molar-refractivity contribution is -0.130. The van der Waals surface area contributed by atoms with Gasteiger partial charge in [-0.25, -0.2) is 0 Å². The Morgan fingerprint density at radius 3 is 2.46 bits per heavy atom. The molecule has 0 aliphatic carbocycles. The van der Waals surface area contributed by atoms with Gasteiger partial charge in [-0.15, -0.1) is 0 Å². The van der Waals surface area contributed by atoms with Crippen molar-refractivity contribution < 1.29 is 14.0 Å². The third-order valence-electron chi connectivity index (χ3n) is 4.25. The molecule has 1 aliphatic heterocycles. The second-order valence-electron chi connectivity index (χ2n) is 6.50. The van der Waals surface area contributed by atoms with E-state index in [9.17, 15) is 9.59 Å². The van der Waals surface area contributed by atoms with Crippen LogP contribution in [-0.4, -0.2) is 79.9 Å². The molecule has 0 saturated carbocycles. The number of nitrogens with zero attached hydrogens (tertiary/aromatic N) is 3. The van der Waals surface area contributed by atoms with Crippen LogP contribution in [0.25, 0.3) is 0 Å². The van der Waals surface area contributed by atoms with Crippen LogP contribution in [-0.2, 0) is 9.59 Å². The van der Waals surface area contributed by atoms with Crippen molar-refractivity contribution in [1.82, 2.24) is 20.0 Å². The Morgan fingerprint density at radius 2 is 1.88 bits per heavy atom. The second-order valence-corrected chi connectivity index (χ2v) is 6.50. The van der Waals surface area contributed by atoms with Gasteiger partial charge in [0.1, 0.15) is 5.76 Å². The summed E-state index contributed by atoms with van der Waals surface area (Å²) in [4.78, 5) is 29.9. The predicted molar refractivity (Wildman–Crippen MR) is 91.5 cm³/mol. The zero-order valence-corrected chi connectivity index (χ0v) is 14.8. The SMILES string of the molecule is C[C@@H](NC(=O)CN1CCCN(CC(=O)N(C)C)CC1)c1ccco1. The minimum atomic E-state index is -0.131. The summed E-state index contributed by atoms with van der Waals surface area (Å²) in [5, 5.41) is 2.96. The van der Waals surface area contributed by atoms with Gasteiger partial charge in [0, 0.05) is 27.2 Å². The molecule has 134 valence electrons. The summed E-state index contributed by atoms with van der Waals surface area (Å²) in [6.45, 7) is 6.09. The summed E-state index contributed by atoms with van der Waals surface area (Å²) in [6, 6.07) is 3.54. The van der Waals surface area contributed by atoms with Crippen molar-refractivity contribution in [2.45, 2.75) is 19.4 Å². The van der Waals surface area contributed by atoms with Gasteiger partial charge in [0.25, 0.3) is 0 Å². The lowest BCUT2D eigenvalue weighted by Crippen LogP contribution is -2.41. The quantitative estimate of drug-likeness (QED) is 0.822. The Labute approximate surface area is 143 Å². The highest BCUT2D eigenvalue weighted by Gasteiger charge is 2.20. The molecule has 0 bridgehead atoms. The highest BCUT2D eigenvalue weighted by atomic mass is 16.3. The fourth-order valence-corrected chi connectivity index (χ4v) is 2.77. The van der Waals surface area contributed by atoms with Gasteiger partial charge in [0.05, 0.1) is 25.4 Å². The van der Waals surface area contributed by atoms with Gasteiger partial charge >= 0.3 is 0 Å². The third kappa shape index (κ3) is 5.65. The van der Waals surface area contributed by atoms with Crippen molar-refractivity contribution in [2.24, 2.45) is 0 Å². The number of hydrogen-bond acceptors (Lipinski definition) is 5. The average molecular weight is 336 g/mol. The molecule has 24 heavy (non-hydrogen) atoms. The molecule has 0 unspecified atom stereocenters. The molecule has 7 nitrogen and oxygen atoms in total. The first kappa shape index (κ1) is 18.5. The molecule has 0 aromatic carbocycles. The minimum absolute atomic E-state index is 0.00304. The van der Waals surface area contributed by atoms with Gasteiger partial charge in [-0.1, -0.05) is 0 Å². The first-order chi connectivity index (χ1) is 11.5. The smallest absolute Gasteiger partial charge is 0.236 e. The highest BCUT2D eigenvalue weighted by molar-refractivity contribution is 5.78. The summed E-state index contributed by atoms with van der Waals surface area (Å²) in [7, 11) is 3.55. The zero-order chi connectivity index (χ0) is 17.5. The summed E-state index contributed by atoms with van der Waals surface area (Å²) >= 11 is 0. The van der Waals surface area contributed by atoms with Gasteiger partial charge in [0.2, 0.25) is 11.8 Å². The molecule has 7 heteroatoms. The minimum Gasteiger partial charge on any atom is -0.467 e. The molecule has 0 radical (unpaired) electrons. The average Bonchev–Trinajstić information content (AvgIpc) is 2.98. The topological polar surface area (TPSA) is 69.0 Å². The van der Waals surface area contributed by atoms with E-state index in [2.05, 4.69) is 15.1 Å². The summed E-state index contributed by atoms with van der Waals surface area (Å²) < 4.78 is 5.31. The normalized spacial score (nSPS) is 18.0. The van der Waals surface area contributed by atoms with E-state index in [1.807, 2.05) is 19.1 Å². The first-order valence-electron chi connectivity index (χ1n) is 8.43. The third-order valence-corrected chi connectivity index (χ3v) is 4.25. The molecule has 1 fully saturated rings. The molecular formula is C17H28N4O3. The van der Waals surface area contributed by atoms with Crippen LogP contribution in [0.15, 0.2) is 22.8 Å². The first-order valence-corrected chi connectivity index (χ1v) is 8.43. The van der Waals surface area contributed by atoms with Crippen LogP contribution >= 0.6 is 0 Å². The predicted octanol–water partition coefficient (Wildman–Crippen LogP) is 0.553. The fraction of sp³-hybridized carbons (Fsp3) is 0.647. The van der Waals surface area contributed by atoms with E-state index in [1.54, 1.807) is 25.3 Å². The standard InChI is InChI=1S/C17H28N4O3/c1-14(15-6-4-11-24-15)18-16(22)12-20-7-5-8-21(10-9-20)13-17(23)19(2)3/h4,6,11,14H,5,7-10,12-13H2,1-3H3,(H,18,22)/t14-/m1/s1. The van der Waals surface area contributed by atoms with Crippen molar-refractivity contribution in [3.8, 4) is 0 Å². The van der Waals surface area contributed by atoms with Crippen molar-refractivity contribution in [1.29, 1.82) is 0 Å². The van der Waals surface area contributed by atoms with Crippen LogP contribution < -0.4 is 5.32 Å². The Kier molecular flexibility index (Phi) is 6.81. The lowest BCUT2D eigenvalue weighted by Gasteiger charge is -2.22. The van der Waals surface area contributed by atoms with Gasteiger partial charge in [-0.3, -0.25) is 19.4 Å². The maximum absolute atomic E-state index is 12.2. The number of carbonyl (C=O) groups is 2. The van der Waals surface area contributed by atoms with Crippen LogP contribution in [0.3, 0.4) is 0 Å². The number of rotatable bonds is 6. The molecule has 2 heterocycles. The van der Waals surface area contributed by atoms with Crippen molar-refractivity contribution >= 4 is 11.8 Å². The monoisotopic (exact) mass is 336 g/mol. The lowest BCUT2D eigenvalue weighted by atomic mass is 10.2. The van der Waals surface area contributed by atoms with E-state index >= 15 is 0 Å². The van der Waals surface area contributed by atoms with Gasteiger partial charge in [0.15, 0.2) is 0 Å². The second kappa shape index (κ2) is 8.84. The molecule has 2 amide bonds. The van der Waals surface area contributed by atoms with E-state index in [1.165, 1.54) is 0 Å². The summed E-state index contributed by atoms with van der Waals surface area (Å²) in [6.07, 6.45) is 2.57. The Balaban J connectivity index is 1.75. The molecule has 1 saturated heterocycles. The number of hydrogen-bond donors (Lipinski definition) is 1. The van der Waals surface area contributed by atoms with E-state index < -0.39 is 0 Å². The Hall–Kier alpha value is -1.86. The van der Waals surface area contributed by atoms with Gasteiger partial charge in [-0.2, -0.15) is 0 Å². The van der Waals surface area contributed by atoms with Crippen LogP contribution in [0.5, 0.6) is 0 Å². The summed E-state index contributed by atoms with van der Waals surface area (Å²) in [5.41, 5.74) is 0. The van der Waals surface area contributed by atoms with Crippen molar-refractivity contribution in [3.63, 3.8) is 0 Å². The molecule has 1 aromatic rings. The Morgan fingerprint density at radius 1 is 1.21 bits per heavy atom. The number of furan rings is 1. The van der Waals surface area contributed by atoms with Crippen LogP contribution in [0.2, 0.25) is 0 Å². The zero-order valence-electron chi connectivity index (χ0n) is 14.8. The van der Waals surface area contributed by atoms with Gasteiger partial charge in [-0.05, 0) is 38.6 Å². The van der Waals surface area contributed by atoms with Crippen molar-refractivity contribution in [3.05, 3.63) is 24.2 Å². The molecule has 2 rings (SSSR count). The number of likely N-dealkylation sites (N-methyl/N-ethyl adjacent to an activating group) is 1. The van der Waals surface area contributed by atoms with E-state index in [0.717, 1.165) is 38.4 Å². The molecular weight excluding hydrogens is 308 g/mol. The van der Waals surface area contributed by atoms with E-state index in [-0.39, 0.29) is 17.9 Å². The maximum Gasteiger partial charge on any atom is 0.236 e. The molecule has 1 atom stereocenters. The Bertz CT molecular complexity index is 530. The van der Waals surface area contributed by atoms with E-state index in [0.29, 0.717) is 13.1 Å². The number of amides is 2. The van der Waals surface area contributed by atoms with Crippen LogP contribution in [0, 0.1) is 0 Å². The summed E-state index contributed by atoms with van der Waals surface area (Å²) in [5.74, 6) is 0.873. The van der Waals surface area contributed by atoms with Crippen molar-refractivity contribution in [2.75, 3.05) is 53.4 Å².